The first-order valence-corrected chi connectivity index (χ1v) is 8.55. The number of hydrogen-bond donors (Lipinski definition) is 1. The van der Waals surface area contributed by atoms with Crippen LogP contribution < -0.4 is 14.8 Å². The number of anilines is 1. The van der Waals surface area contributed by atoms with E-state index in [2.05, 4.69) is 10.3 Å². The highest BCUT2D eigenvalue weighted by Gasteiger charge is 2.33. The number of carbonyl (C=O) groups is 1. The molecule has 1 N–H and O–H groups in total. The van der Waals surface area contributed by atoms with Crippen LogP contribution in [0.15, 0.2) is 42.7 Å². The predicted molar refractivity (Wildman–Crippen MR) is 98.1 cm³/mol. The van der Waals surface area contributed by atoms with Gasteiger partial charge in [-0.3, -0.25) is 9.36 Å². The summed E-state index contributed by atoms with van der Waals surface area (Å²) in [6.07, 6.45) is 1.61. The SMILES string of the molecule is COc1ccc([C@@H]2CC(=O)Nc3c2ncn3-c2cc(F)cc(F)c2)c(OC)c1. The lowest BCUT2D eigenvalue weighted by atomic mass is 9.89. The maximum atomic E-state index is 13.7. The van der Waals surface area contributed by atoms with Gasteiger partial charge in [0.1, 0.15) is 35.3 Å². The molecule has 28 heavy (non-hydrogen) atoms. The Bertz CT molecular complexity index is 1040. The number of aromatic nitrogens is 2. The van der Waals surface area contributed by atoms with E-state index in [0.29, 0.717) is 23.0 Å². The number of carbonyl (C=O) groups excluding carboxylic acids is 1. The Morgan fingerprint density at radius 1 is 1.11 bits per heavy atom. The maximum Gasteiger partial charge on any atom is 0.226 e. The molecule has 1 atom stereocenters. The summed E-state index contributed by atoms with van der Waals surface area (Å²) >= 11 is 0. The van der Waals surface area contributed by atoms with Gasteiger partial charge < -0.3 is 14.8 Å². The van der Waals surface area contributed by atoms with E-state index in [1.165, 1.54) is 30.1 Å². The van der Waals surface area contributed by atoms with Crippen LogP contribution in [-0.2, 0) is 4.79 Å². The smallest absolute Gasteiger partial charge is 0.226 e. The van der Waals surface area contributed by atoms with Gasteiger partial charge in [0.05, 0.1) is 25.6 Å². The number of fused-ring (bicyclic) bond motifs is 1. The van der Waals surface area contributed by atoms with Gasteiger partial charge in [-0.1, -0.05) is 6.07 Å². The summed E-state index contributed by atoms with van der Waals surface area (Å²) < 4.78 is 39.5. The fourth-order valence-electron chi connectivity index (χ4n) is 3.44. The van der Waals surface area contributed by atoms with Crippen LogP contribution in [-0.4, -0.2) is 29.7 Å². The highest BCUT2D eigenvalue weighted by Crippen LogP contribution is 2.41. The van der Waals surface area contributed by atoms with E-state index >= 15 is 0 Å². The summed E-state index contributed by atoms with van der Waals surface area (Å²) in [6, 6.07) is 8.48. The first-order chi connectivity index (χ1) is 13.5. The molecule has 0 saturated heterocycles. The van der Waals surface area contributed by atoms with E-state index in [1.54, 1.807) is 19.2 Å². The average molecular weight is 385 g/mol. The van der Waals surface area contributed by atoms with E-state index in [4.69, 9.17) is 9.47 Å². The van der Waals surface area contributed by atoms with Crippen molar-refractivity contribution < 1.29 is 23.0 Å². The van der Waals surface area contributed by atoms with Gasteiger partial charge in [-0.05, 0) is 18.2 Å². The number of rotatable bonds is 4. The van der Waals surface area contributed by atoms with Crippen molar-refractivity contribution in [3.05, 3.63) is 65.6 Å². The zero-order valence-corrected chi connectivity index (χ0v) is 15.2. The number of imidazole rings is 1. The molecule has 1 aromatic heterocycles. The fourth-order valence-corrected chi connectivity index (χ4v) is 3.44. The molecule has 0 saturated carbocycles. The first-order valence-electron chi connectivity index (χ1n) is 8.55. The topological polar surface area (TPSA) is 65.4 Å². The second-order valence-corrected chi connectivity index (χ2v) is 6.39. The molecule has 0 unspecified atom stereocenters. The van der Waals surface area contributed by atoms with E-state index in [9.17, 15) is 13.6 Å². The van der Waals surface area contributed by atoms with Crippen molar-refractivity contribution in [3.8, 4) is 17.2 Å². The van der Waals surface area contributed by atoms with E-state index in [1.807, 2.05) is 6.07 Å². The number of nitrogens with zero attached hydrogens (tertiary/aromatic N) is 2. The molecule has 0 fully saturated rings. The third kappa shape index (κ3) is 3.06. The third-order valence-corrected chi connectivity index (χ3v) is 4.71. The van der Waals surface area contributed by atoms with Crippen molar-refractivity contribution >= 4 is 11.7 Å². The van der Waals surface area contributed by atoms with Gasteiger partial charge in [0, 0.05) is 30.0 Å². The second-order valence-electron chi connectivity index (χ2n) is 6.39. The summed E-state index contributed by atoms with van der Waals surface area (Å²) in [5.74, 6) is -0.457. The highest BCUT2D eigenvalue weighted by atomic mass is 19.1. The van der Waals surface area contributed by atoms with E-state index in [-0.39, 0.29) is 23.9 Å². The quantitative estimate of drug-likeness (QED) is 0.745. The standard InChI is InChI=1S/C20H17F2N3O3/c1-27-14-3-4-15(17(8-14)28-2)16-9-18(26)24-20-19(16)23-10-25(20)13-6-11(21)5-12(22)7-13/h3-8,10,16H,9H2,1-2H3,(H,24,26)/t16-/m0/s1. The molecule has 1 aliphatic heterocycles. The zero-order chi connectivity index (χ0) is 19.8. The van der Waals surface area contributed by atoms with Crippen LogP contribution in [0.1, 0.15) is 23.6 Å². The zero-order valence-electron chi connectivity index (χ0n) is 15.2. The summed E-state index contributed by atoms with van der Waals surface area (Å²) in [5.41, 5.74) is 1.59. The van der Waals surface area contributed by atoms with Gasteiger partial charge in [0.2, 0.25) is 5.91 Å². The monoisotopic (exact) mass is 385 g/mol. The lowest BCUT2D eigenvalue weighted by molar-refractivity contribution is -0.116. The molecule has 0 aliphatic carbocycles. The predicted octanol–water partition coefficient (Wildman–Crippen LogP) is 3.64. The van der Waals surface area contributed by atoms with E-state index < -0.39 is 11.6 Å². The Balaban J connectivity index is 1.83. The van der Waals surface area contributed by atoms with Crippen molar-refractivity contribution in [1.82, 2.24) is 9.55 Å². The van der Waals surface area contributed by atoms with Crippen molar-refractivity contribution in [1.29, 1.82) is 0 Å². The molecule has 0 bridgehead atoms. The maximum absolute atomic E-state index is 13.7. The Kier molecular flexibility index (Phi) is 4.46. The molecule has 3 aromatic rings. The summed E-state index contributed by atoms with van der Waals surface area (Å²) in [7, 11) is 3.09. The Labute approximate surface area is 159 Å². The molecule has 0 radical (unpaired) electrons. The number of benzene rings is 2. The minimum atomic E-state index is -0.715. The van der Waals surface area contributed by atoms with Crippen molar-refractivity contribution in [2.24, 2.45) is 0 Å². The normalized spacial score (nSPS) is 15.7. The molecule has 1 amide bonds. The van der Waals surface area contributed by atoms with Crippen LogP contribution in [0.3, 0.4) is 0 Å². The molecular weight excluding hydrogens is 368 g/mol. The lowest BCUT2D eigenvalue weighted by Crippen LogP contribution is -2.25. The first kappa shape index (κ1) is 18.0. The van der Waals surface area contributed by atoms with Gasteiger partial charge >= 0.3 is 0 Å². The van der Waals surface area contributed by atoms with Crippen molar-refractivity contribution in [2.45, 2.75) is 12.3 Å². The van der Waals surface area contributed by atoms with Crippen LogP contribution in [0, 0.1) is 11.6 Å². The largest absolute Gasteiger partial charge is 0.497 e. The number of ether oxygens (including phenoxy) is 2. The minimum absolute atomic E-state index is 0.171. The van der Waals surface area contributed by atoms with Gasteiger partial charge in [-0.15, -0.1) is 0 Å². The number of amides is 1. The van der Waals surface area contributed by atoms with Crippen LogP contribution >= 0.6 is 0 Å². The number of methoxy groups -OCH3 is 2. The van der Waals surface area contributed by atoms with Gasteiger partial charge in [0.15, 0.2) is 0 Å². The summed E-state index contributed by atoms with van der Waals surface area (Å²) in [6.45, 7) is 0. The Morgan fingerprint density at radius 3 is 2.54 bits per heavy atom. The van der Waals surface area contributed by atoms with Gasteiger partial charge in [-0.2, -0.15) is 0 Å². The molecule has 1 aliphatic rings. The summed E-state index contributed by atoms with van der Waals surface area (Å²) in [5, 5.41) is 2.76. The fraction of sp³-hybridized carbons (Fsp3) is 0.200. The number of halogens is 2. The van der Waals surface area contributed by atoms with Gasteiger partial charge in [0.25, 0.3) is 0 Å². The molecule has 4 rings (SSSR count). The number of nitrogens with one attached hydrogen (secondary N) is 1. The molecule has 0 spiro atoms. The average Bonchev–Trinajstić information content (AvgIpc) is 3.09. The minimum Gasteiger partial charge on any atom is -0.497 e. The molecule has 2 heterocycles. The number of hydrogen-bond acceptors (Lipinski definition) is 4. The molecule has 2 aromatic carbocycles. The second kappa shape index (κ2) is 6.95. The van der Waals surface area contributed by atoms with Crippen LogP contribution in [0.4, 0.5) is 14.6 Å². The third-order valence-electron chi connectivity index (χ3n) is 4.71. The van der Waals surface area contributed by atoms with Crippen LogP contribution in [0.5, 0.6) is 11.5 Å². The van der Waals surface area contributed by atoms with Crippen LogP contribution in [0.25, 0.3) is 5.69 Å². The van der Waals surface area contributed by atoms with Crippen molar-refractivity contribution in [2.75, 3.05) is 19.5 Å². The molecule has 144 valence electrons. The summed E-state index contributed by atoms with van der Waals surface area (Å²) in [4.78, 5) is 16.8. The highest BCUT2D eigenvalue weighted by molar-refractivity contribution is 5.94. The molecule has 6 nitrogen and oxygen atoms in total. The lowest BCUT2D eigenvalue weighted by Gasteiger charge is -2.25. The molecular formula is C20H17F2N3O3. The van der Waals surface area contributed by atoms with E-state index in [0.717, 1.165) is 11.6 Å². The van der Waals surface area contributed by atoms with Crippen LogP contribution in [0.2, 0.25) is 0 Å². The Hall–Kier alpha value is -3.42. The Morgan fingerprint density at radius 2 is 1.86 bits per heavy atom. The molecule has 8 heteroatoms. The van der Waals surface area contributed by atoms with Crippen molar-refractivity contribution in [3.63, 3.8) is 0 Å². The van der Waals surface area contributed by atoms with Gasteiger partial charge in [-0.25, -0.2) is 13.8 Å².